The molecule has 0 aliphatic rings. The van der Waals surface area contributed by atoms with Crippen molar-refractivity contribution in [3.05, 3.63) is 66.6 Å². The summed E-state index contributed by atoms with van der Waals surface area (Å²) in [6, 6.07) is 0. The number of aliphatic hydroxyl groups is 1. The van der Waals surface area contributed by atoms with Crippen molar-refractivity contribution in [3.63, 3.8) is 0 Å². The molecular weight excluding hydrogens is 709 g/mol. The van der Waals surface area contributed by atoms with Crippen LogP contribution in [0, 0.1) is 13.8 Å². The van der Waals surface area contributed by atoms with Gasteiger partial charge in [-0.05, 0) is 121 Å². The van der Waals surface area contributed by atoms with Crippen molar-refractivity contribution in [2.45, 2.75) is 151 Å². The standard InChI is InChI=1S/C21H35NO3SSi.C19H33NO2SSi/c1-10-24-20(23)15(2)11-12-19(25-27(8,9)21(5,6)7)16(3)13-18-14-26-17(4)22-18;1-14(12-21)9-10-18(22-24(7,8)19(4,5)6)15(2)11-17-13-23-16(3)20-17/h11,13-14,19H,10,12H2,1-9H3;9,11,13,18,21H,10,12H2,1-8H3/b15-11-,16-13+;14-9-,15-11+/t19-;18-/m00/s1. The molecule has 0 aliphatic heterocycles. The van der Waals surface area contributed by atoms with Crippen molar-refractivity contribution in [2.75, 3.05) is 13.2 Å². The van der Waals surface area contributed by atoms with Crippen molar-refractivity contribution in [1.82, 2.24) is 9.97 Å². The van der Waals surface area contributed by atoms with Gasteiger partial charge in [0.1, 0.15) is 0 Å². The Morgan fingerprint density at radius 2 is 1.18 bits per heavy atom. The molecule has 0 radical (unpaired) electrons. The number of aliphatic hydroxyl groups excluding tert-OH is 1. The molecule has 0 aliphatic carbocycles. The largest absolute Gasteiger partial charge is 0.463 e. The van der Waals surface area contributed by atoms with Gasteiger partial charge in [-0.25, -0.2) is 14.8 Å². The SMILES string of the molecule is C/C(=C/C[C@H](O[Si](C)(C)C(C)(C)C)/C(C)=C/c1csc(C)n1)CO.CCOC(=O)/C(C)=C\C[C@H](O[Si](C)(C)C(C)(C)C)/C(C)=C/c1csc(C)n1. The first kappa shape index (κ1) is 47.0. The second kappa shape index (κ2) is 20.5. The van der Waals surface area contributed by atoms with Crippen LogP contribution < -0.4 is 0 Å². The monoisotopic (exact) mass is 776 g/mol. The van der Waals surface area contributed by atoms with Crippen molar-refractivity contribution in [3.8, 4) is 0 Å². The van der Waals surface area contributed by atoms with Gasteiger partial charge in [0.25, 0.3) is 0 Å². The molecular formula is C40H68N2O5S2Si2. The maximum atomic E-state index is 11.9. The summed E-state index contributed by atoms with van der Waals surface area (Å²) in [6.45, 7) is 36.8. The quantitative estimate of drug-likeness (QED) is 0.0833. The summed E-state index contributed by atoms with van der Waals surface area (Å²) in [6.07, 6.45) is 9.60. The average Bonchev–Trinajstić information content (AvgIpc) is 3.62. The van der Waals surface area contributed by atoms with Crippen LogP contribution in [0.2, 0.25) is 36.3 Å². The number of thiazole rings is 2. The third-order valence-corrected chi connectivity index (χ3v) is 20.2. The van der Waals surface area contributed by atoms with Gasteiger partial charge in [-0.15, -0.1) is 22.7 Å². The van der Waals surface area contributed by atoms with E-state index in [0.29, 0.717) is 18.6 Å². The van der Waals surface area contributed by atoms with E-state index < -0.39 is 16.6 Å². The van der Waals surface area contributed by atoms with Crippen LogP contribution >= 0.6 is 22.7 Å². The van der Waals surface area contributed by atoms with E-state index in [1.807, 2.05) is 33.8 Å². The first-order valence-corrected chi connectivity index (χ1v) is 25.6. The van der Waals surface area contributed by atoms with E-state index in [4.69, 9.17) is 13.6 Å². The Balaban J connectivity index is 0.000000514. The number of nitrogens with zero attached hydrogens (tertiary/aromatic N) is 2. The Morgan fingerprint density at radius 3 is 1.49 bits per heavy atom. The zero-order chi connectivity index (χ0) is 39.4. The lowest BCUT2D eigenvalue weighted by atomic mass is 10.1. The molecule has 2 atom stereocenters. The van der Waals surface area contributed by atoms with E-state index in [1.165, 1.54) is 5.57 Å². The van der Waals surface area contributed by atoms with E-state index >= 15 is 0 Å². The number of carbonyl (C=O) groups excluding carboxylic acids is 1. The van der Waals surface area contributed by atoms with Crippen LogP contribution in [0.25, 0.3) is 12.2 Å². The number of ether oxygens (including phenoxy) is 1. The minimum atomic E-state index is -1.96. The summed E-state index contributed by atoms with van der Waals surface area (Å²) in [5, 5.41) is 15.8. The van der Waals surface area contributed by atoms with Crippen LogP contribution in [0.4, 0.5) is 0 Å². The highest BCUT2D eigenvalue weighted by Gasteiger charge is 2.40. The molecule has 7 nitrogen and oxygen atoms in total. The molecule has 11 heteroatoms. The zero-order valence-electron chi connectivity index (χ0n) is 34.7. The topological polar surface area (TPSA) is 90.8 Å². The number of rotatable bonds is 15. The summed E-state index contributed by atoms with van der Waals surface area (Å²) in [5.41, 5.74) is 5.88. The molecule has 0 aromatic carbocycles. The fourth-order valence-electron chi connectivity index (χ4n) is 4.25. The first-order chi connectivity index (χ1) is 23.3. The van der Waals surface area contributed by atoms with Crippen molar-refractivity contribution in [1.29, 1.82) is 0 Å². The van der Waals surface area contributed by atoms with E-state index in [9.17, 15) is 9.90 Å². The highest BCUT2D eigenvalue weighted by Crippen LogP contribution is 2.40. The molecule has 0 fully saturated rings. The molecule has 0 amide bonds. The van der Waals surface area contributed by atoms with E-state index in [1.54, 1.807) is 29.6 Å². The summed E-state index contributed by atoms with van der Waals surface area (Å²) in [7, 11) is -3.84. The Kier molecular flexibility index (Phi) is 18.9. The number of carbonyl (C=O) groups is 1. The van der Waals surface area contributed by atoms with Crippen molar-refractivity contribution in [2.24, 2.45) is 0 Å². The molecule has 0 spiro atoms. The summed E-state index contributed by atoms with van der Waals surface area (Å²) in [4.78, 5) is 21.0. The molecule has 288 valence electrons. The molecule has 2 aromatic rings. The van der Waals surface area contributed by atoms with E-state index in [0.717, 1.165) is 39.0 Å². The minimum Gasteiger partial charge on any atom is -0.463 e. The Labute approximate surface area is 320 Å². The van der Waals surface area contributed by atoms with Gasteiger partial charge < -0.3 is 18.7 Å². The van der Waals surface area contributed by atoms with Crippen LogP contribution in [-0.2, 0) is 18.4 Å². The molecule has 0 bridgehead atoms. The van der Waals surface area contributed by atoms with Crippen LogP contribution in [-0.4, -0.2) is 63.1 Å². The van der Waals surface area contributed by atoms with Crippen LogP contribution in [0.3, 0.4) is 0 Å². The van der Waals surface area contributed by atoms with Gasteiger partial charge in [-0.3, -0.25) is 0 Å². The third-order valence-electron chi connectivity index (χ3n) is 9.69. The highest BCUT2D eigenvalue weighted by molar-refractivity contribution is 7.09. The molecule has 1 N–H and O–H groups in total. The Bertz CT molecular complexity index is 1520. The zero-order valence-corrected chi connectivity index (χ0v) is 38.4. The summed E-state index contributed by atoms with van der Waals surface area (Å²) >= 11 is 3.31. The van der Waals surface area contributed by atoms with Crippen LogP contribution in [0.5, 0.6) is 0 Å². The Hall–Kier alpha value is -2.00. The molecule has 2 heterocycles. The normalized spacial score (nSPS) is 15.3. The summed E-state index contributed by atoms with van der Waals surface area (Å²) < 4.78 is 18.4. The van der Waals surface area contributed by atoms with E-state index in [-0.39, 0.29) is 34.9 Å². The summed E-state index contributed by atoms with van der Waals surface area (Å²) in [5.74, 6) is -0.264. The molecule has 2 rings (SSSR count). The molecule has 2 aromatic heterocycles. The predicted molar refractivity (Wildman–Crippen MR) is 226 cm³/mol. The number of aryl methyl sites for hydroxylation is 2. The number of aromatic nitrogens is 2. The number of hydrogen-bond acceptors (Lipinski definition) is 9. The lowest BCUT2D eigenvalue weighted by molar-refractivity contribution is -0.138. The fraction of sp³-hybridized carbons (Fsp3) is 0.625. The van der Waals surface area contributed by atoms with Gasteiger partial charge >= 0.3 is 5.97 Å². The predicted octanol–water partition coefficient (Wildman–Crippen LogP) is 11.7. The van der Waals surface area contributed by atoms with Gasteiger partial charge in [-0.1, -0.05) is 59.3 Å². The molecule has 0 unspecified atom stereocenters. The minimum absolute atomic E-state index is 0.0226. The smallest absolute Gasteiger partial charge is 0.333 e. The second-order valence-corrected chi connectivity index (χ2v) is 28.0. The maximum absolute atomic E-state index is 11.9. The lowest BCUT2D eigenvalue weighted by Crippen LogP contribution is -2.44. The van der Waals surface area contributed by atoms with Gasteiger partial charge in [0.15, 0.2) is 16.6 Å². The van der Waals surface area contributed by atoms with Crippen LogP contribution in [0.15, 0.2) is 45.2 Å². The van der Waals surface area contributed by atoms with Crippen molar-refractivity contribution >= 4 is 57.4 Å². The third kappa shape index (κ3) is 16.3. The van der Waals surface area contributed by atoms with E-state index in [2.05, 4.69) is 121 Å². The van der Waals surface area contributed by atoms with Gasteiger partial charge in [0, 0.05) is 16.3 Å². The Morgan fingerprint density at radius 1 is 0.784 bits per heavy atom. The molecule has 0 saturated carbocycles. The first-order valence-electron chi connectivity index (χ1n) is 18.0. The second-order valence-electron chi connectivity index (χ2n) is 16.4. The number of esters is 1. The van der Waals surface area contributed by atoms with Gasteiger partial charge in [0.05, 0.1) is 46.8 Å². The average molecular weight is 777 g/mol. The maximum Gasteiger partial charge on any atom is 0.333 e. The van der Waals surface area contributed by atoms with Crippen molar-refractivity contribution < 1.29 is 23.5 Å². The lowest BCUT2D eigenvalue weighted by Gasteiger charge is -2.39. The highest BCUT2D eigenvalue weighted by atomic mass is 32.1. The molecule has 0 saturated heterocycles. The van der Waals surface area contributed by atoms with Crippen LogP contribution in [0.1, 0.15) is 110 Å². The van der Waals surface area contributed by atoms with Gasteiger partial charge in [0.2, 0.25) is 0 Å². The van der Waals surface area contributed by atoms with Gasteiger partial charge in [-0.2, -0.15) is 0 Å². The fourth-order valence-corrected chi connectivity index (χ4v) is 8.08. The number of hydrogen-bond donors (Lipinski definition) is 1. The molecule has 51 heavy (non-hydrogen) atoms.